The quantitative estimate of drug-likeness (QED) is 0.849. The van der Waals surface area contributed by atoms with Crippen LogP contribution < -0.4 is 5.32 Å². The molecule has 1 aliphatic rings. The van der Waals surface area contributed by atoms with E-state index < -0.39 is 12.0 Å². The lowest BCUT2D eigenvalue weighted by Crippen LogP contribution is -2.46. The molecule has 2 rings (SSSR count). The Morgan fingerprint density at radius 2 is 2.04 bits per heavy atom. The summed E-state index contributed by atoms with van der Waals surface area (Å²) in [6, 6.07) is 0.944. The van der Waals surface area contributed by atoms with Crippen molar-refractivity contribution in [3.05, 3.63) is 23.2 Å². The fourth-order valence-electron chi connectivity index (χ4n) is 3.03. The number of amides is 2. The van der Waals surface area contributed by atoms with Gasteiger partial charge in [-0.2, -0.15) is 0 Å². The number of nitrogens with one attached hydrogen (secondary N) is 1. The molecule has 138 valence electrons. The molecule has 1 fully saturated rings. The SMILES string of the molecule is Cc1oc(CNC(=O)C2CCCN2C(=O)CC(C)(C)C)cc1C(=O)O. The van der Waals surface area contributed by atoms with E-state index in [1.54, 1.807) is 11.8 Å². The van der Waals surface area contributed by atoms with E-state index in [9.17, 15) is 14.4 Å². The van der Waals surface area contributed by atoms with E-state index in [4.69, 9.17) is 9.52 Å². The summed E-state index contributed by atoms with van der Waals surface area (Å²) in [5.41, 5.74) is -0.0355. The van der Waals surface area contributed by atoms with Crippen molar-refractivity contribution in [2.75, 3.05) is 6.54 Å². The average molecular weight is 350 g/mol. The zero-order valence-electron chi connectivity index (χ0n) is 15.2. The third-order valence-electron chi connectivity index (χ3n) is 4.19. The summed E-state index contributed by atoms with van der Waals surface area (Å²) in [4.78, 5) is 37.6. The van der Waals surface area contributed by atoms with Crippen LogP contribution in [0.15, 0.2) is 10.5 Å². The lowest BCUT2D eigenvalue weighted by molar-refractivity contribution is -0.139. The number of furan rings is 1. The monoisotopic (exact) mass is 350 g/mol. The van der Waals surface area contributed by atoms with E-state index in [0.29, 0.717) is 30.9 Å². The highest BCUT2D eigenvalue weighted by Gasteiger charge is 2.35. The Hall–Kier alpha value is -2.31. The molecule has 0 aromatic carbocycles. The number of carbonyl (C=O) groups is 3. The van der Waals surface area contributed by atoms with Crippen LogP contribution in [0.4, 0.5) is 0 Å². The van der Waals surface area contributed by atoms with Gasteiger partial charge in [0.25, 0.3) is 0 Å². The van der Waals surface area contributed by atoms with Gasteiger partial charge in [0, 0.05) is 13.0 Å². The van der Waals surface area contributed by atoms with Gasteiger partial charge >= 0.3 is 5.97 Å². The maximum Gasteiger partial charge on any atom is 0.339 e. The maximum absolute atomic E-state index is 12.5. The third-order valence-corrected chi connectivity index (χ3v) is 4.19. The average Bonchev–Trinajstić information content (AvgIpc) is 3.09. The van der Waals surface area contributed by atoms with Crippen molar-refractivity contribution in [1.29, 1.82) is 0 Å². The van der Waals surface area contributed by atoms with E-state index in [1.165, 1.54) is 6.07 Å². The largest absolute Gasteiger partial charge is 0.478 e. The Kier molecular flexibility index (Phi) is 5.55. The topological polar surface area (TPSA) is 99.9 Å². The van der Waals surface area contributed by atoms with Crippen LogP contribution in [0.1, 0.15) is 61.9 Å². The van der Waals surface area contributed by atoms with Crippen LogP contribution in [0, 0.1) is 12.3 Å². The van der Waals surface area contributed by atoms with Crippen LogP contribution in [0.25, 0.3) is 0 Å². The minimum atomic E-state index is -1.06. The Labute approximate surface area is 147 Å². The minimum absolute atomic E-state index is 0.00726. The first kappa shape index (κ1) is 19.0. The van der Waals surface area contributed by atoms with Crippen molar-refractivity contribution in [2.45, 2.75) is 59.5 Å². The highest BCUT2D eigenvalue weighted by atomic mass is 16.4. The van der Waals surface area contributed by atoms with Gasteiger partial charge in [0.15, 0.2) is 0 Å². The third kappa shape index (κ3) is 4.84. The molecule has 2 N–H and O–H groups in total. The summed E-state index contributed by atoms with van der Waals surface area (Å²) in [5, 5.41) is 11.8. The van der Waals surface area contributed by atoms with Gasteiger partial charge in [-0.3, -0.25) is 9.59 Å². The molecule has 0 aliphatic carbocycles. The van der Waals surface area contributed by atoms with Crippen molar-refractivity contribution in [3.8, 4) is 0 Å². The van der Waals surface area contributed by atoms with E-state index in [2.05, 4.69) is 5.32 Å². The fourth-order valence-corrected chi connectivity index (χ4v) is 3.03. The maximum atomic E-state index is 12.5. The van der Waals surface area contributed by atoms with Crippen LogP contribution in [-0.2, 0) is 16.1 Å². The van der Waals surface area contributed by atoms with Gasteiger partial charge in [0.1, 0.15) is 23.1 Å². The molecule has 0 radical (unpaired) electrons. The fraction of sp³-hybridized carbons (Fsp3) is 0.611. The lowest BCUT2D eigenvalue weighted by Gasteiger charge is -2.27. The number of carbonyl (C=O) groups excluding carboxylic acids is 2. The molecule has 1 unspecified atom stereocenters. The number of aromatic carboxylic acids is 1. The van der Waals surface area contributed by atoms with Gasteiger partial charge in [-0.25, -0.2) is 4.79 Å². The first-order valence-electron chi connectivity index (χ1n) is 8.48. The first-order valence-corrected chi connectivity index (χ1v) is 8.48. The van der Waals surface area contributed by atoms with Crippen molar-refractivity contribution < 1.29 is 23.9 Å². The summed E-state index contributed by atoms with van der Waals surface area (Å²) >= 11 is 0. The Morgan fingerprint density at radius 1 is 1.36 bits per heavy atom. The molecule has 0 saturated carbocycles. The zero-order chi connectivity index (χ0) is 18.8. The van der Waals surface area contributed by atoms with Crippen LogP contribution in [0.2, 0.25) is 0 Å². The summed E-state index contributed by atoms with van der Waals surface area (Å²) in [6.07, 6.45) is 1.84. The Bertz CT molecular complexity index is 671. The number of aryl methyl sites for hydroxylation is 1. The first-order chi connectivity index (χ1) is 11.6. The molecule has 7 heteroatoms. The zero-order valence-corrected chi connectivity index (χ0v) is 15.2. The summed E-state index contributed by atoms with van der Waals surface area (Å²) in [7, 11) is 0. The van der Waals surface area contributed by atoms with E-state index in [1.807, 2.05) is 20.8 Å². The molecule has 1 saturated heterocycles. The van der Waals surface area contributed by atoms with Gasteiger partial charge in [-0.1, -0.05) is 20.8 Å². The van der Waals surface area contributed by atoms with Crippen molar-refractivity contribution in [1.82, 2.24) is 10.2 Å². The summed E-state index contributed by atoms with van der Waals surface area (Å²) < 4.78 is 5.35. The highest BCUT2D eigenvalue weighted by Crippen LogP contribution is 2.25. The second kappa shape index (κ2) is 7.29. The van der Waals surface area contributed by atoms with Crippen LogP contribution >= 0.6 is 0 Å². The number of hydrogen-bond donors (Lipinski definition) is 2. The van der Waals surface area contributed by atoms with Crippen LogP contribution in [-0.4, -0.2) is 40.4 Å². The van der Waals surface area contributed by atoms with Gasteiger partial charge in [-0.05, 0) is 31.2 Å². The van der Waals surface area contributed by atoms with E-state index >= 15 is 0 Å². The molecule has 7 nitrogen and oxygen atoms in total. The van der Waals surface area contributed by atoms with Gasteiger partial charge in [0.05, 0.1) is 6.54 Å². The Morgan fingerprint density at radius 3 is 2.60 bits per heavy atom. The molecule has 2 heterocycles. The van der Waals surface area contributed by atoms with Gasteiger partial charge in [-0.15, -0.1) is 0 Å². The minimum Gasteiger partial charge on any atom is -0.478 e. The molecular weight excluding hydrogens is 324 g/mol. The summed E-state index contributed by atoms with van der Waals surface area (Å²) in [6.45, 7) is 8.25. The number of rotatable bonds is 5. The van der Waals surface area contributed by atoms with Crippen molar-refractivity contribution in [2.24, 2.45) is 5.41 Å². The van der Waals surface area contributed by atoms with Crippen molar-refractivity contribution in [3.63, 3.8) is 0 Å². The molecule has 1 aromatic heterocycles. The predicted octanol–water partition coefficient (Wildman–Crippen LogP) is 2.33. The molecule has 0 bridgehead atoms. The van der Waals surface area contributed by atoms with Gasteiger partial charge in [0.2, 0.25) is 11.8 Å². The molecule has 1 aromatic rings. The molecule has 2 amide bonds. The molecular formula is C18H26N2O5. The second-order valence-corrected chi connectivity index (χ2v) is 7.69. The highest BCUT2D eigenvalue weighted by molar-refractivity contribution is 5.89. The van der Waals surface area contributed by atoms with E-state index in [0.717, 1.165) is 6.42 Å². The van der Waals surface area contributed by atoms with Crippen LogP contribution in [0.5, 0.6) is 0 Å². The molecule has 0 spiro atoms. The summed E-state index contributed by atoms with van der Waals surface area (Å²) in [5.74, 6) is -0.611. The van der Waals surface area contributed by atoms with E-state index in [-0.39, 0.29) is 29.3 Å². The number of likely N-dealkylation sites (tertiary alicyclic amines) is 1. The Balaban J connectivity index is 1.96. The van der Waals surface area contributed by atoms with Crippen LogP contribution in [0.3, 0.4) is 0 Å². The second-order valence-electron chi connectivity index (χ2n) is 7.69. The van der Waals surface area contributed by atoms with Crippen molar-refractivity contribution >= 4 is 17.8 Å². The standard InChI is InChI=1S/C18H26N2O5/c1-11-13(17(23)24)8-12(25-11)10-19-16(22)14-6-5-7-20(14)15(21)9-18(2,3)4/h8,14H,5-7,9-10H2,1-4H3,(H,19,22)(H,23,24). The predicted molar refractivity (Wildman–Crippen MR) is 91.1 cm³/mol. The number of carboxylic acids is 1. The molecule has 1 atom stereocenters. The smallest absolute Gasteiger partial charge is 0.339 e. The lowest BCUT2D eigenvalue weighted by atomic mass is 9.91. The number of hydrogen-bond acceptors (Lipinski definition) is 4. The molecule has 1 aliphatic heterocycles. The van der Waals surface area contributed by atoms with Gasteiger partial charge < -0.3 is 19.7 Å². The number of nitrogens with zero attached hydrogens (tertiary/aromatic N) is 1. The number of carboxylic acid groups (broad SMARTS) is 1. The molecule has 25 heavy (non-hydrogen) atoms. The normalized spacial score (nSPS) is 17.6.